The van der Waals surface area contributed by atoms with Crippen molar-refractivity contribution in [3.05, 3.63) is 243 Å². The molecule has 0 amide bonds. The highest BCUT2D eigenvalue weighted by atomic mass is 15.1. The van der Waals surface area contributed by atoms with Crippen molar-refractivity contribution in [2.45, 2.75) is 0 Å². The van der Waals surface area contributed by atoms with E-state index in [0.717, 1.165) is 22.7 Å². The monoisotopic (exact) mass is 764 g/mol. The van der Waals surface area contributed by atoms with Crippen LogP contribution in [-0.4, -0.2) is 4.57 Å². The molecule has 0 saturated heterocycles. The highest BCUT2D eigenvalue weighted by Crippen LogP contribution is 2.44. The van der Waals surface area contributed by atoms with Crippen molar-refractivity contribution in [2.75, 3.05) is 4.90 Å². The SMILES string of the molecule is c1ccc(-c2cc(N(c3ccccc3)c3cccc(-c4ccc(-c5ccc6ccccc6c5)cc4)c3)ccc2-c2ccccc2-n2c3ccccc3c3ccccc32)cc1. The lowest BCUT2D eigenvalue weighted by molar-refractivity contribution is 1.18. The summed E-state index contributed by atoms with van der Waals surface area (Å²) in [6.45, 7) is 0. The van der Waals surface area contributed by atoms with Gasteiger partial charge in [-0.25, -0.2) is 0 Å². The van der Waals surface area contributed by atoms with Crippen LogP contribution in [-0.2, 0) is 0 Å². The zero-order valence-corrected chi connectivity index (χ0v) is 33.0. The summed E-state index contributed by atoms with van der Waals surface area (Å²) in [4.78, 5) is 2.38. The molecule has 0 radical (unpaired) electrons. The minimum absolute atomic E-state index is 1.09. The number of benzene rings is 10. The Balaban J connectivity index is 1.03. The maximum Gasteiger partial charge on any atom is 0.0541 e. The second kappa shape index (κ2) is 15.1. The molecule has 11 rings (SSSR count). The number of rotatable bonds is 8. The third kappa shape index (κ3) is 6.32. The summed E-state index contributed by atoms with van der Waals surface area (Å²) in [5.74, 6) is 0. The molecule has 0 unspecified atom stereocenters. The number of nitrogens with zero attached hydrogens (tertiary/aromatic N) is 2. The van der Waals surface area contributed by atoms with Crippen molar-refractivity contribution in [1.29, 1.82) is 0 Å². The largest absolute Gasteiger partial charge is 0.310 e. The molecule has 0 aliphatic rings. The van der Waals surface area contributed by atoms with Crippen LogP contribution >= 0.6 is 0 Å². The van der Waals surface area contributed by atoms with Gasteiger partial charge in [-0.05, 0) is 110 Å². The smallest absolute Gasteiger partial charge is 0.0541 e. The standard InChI is InChI=1S/C58H40N2/c1-3-17-44(18-4-1)55-40-50(36-37-51(55)52-24-9-12-27-56(52)60-57-28-13-10-25-53(57)54-26-11-14-29-58(54)60)59(48-21-5-2-6-22-48)49-23-15-20-46(39-49)42-30-32-43(33-31-42)47-35-34-41-16-7-8-19-45(41)38-47/h1-40H. The number of para-hydroxylation sites is 4. The molecule has 1 aromatic heterocycles. The Hall–Kier alpha value is -7.94. The van der Waals surface area contributed by atoms with Gasteiger partial charge in [-0.1, -0.05) is 182 Å². The number of hydrogen-bond donors (Lipinski definition) is 0. The zero-order valence-electron chi connectivity index (χ0n) is 33.0. The first-order valence-electron chi connectivity index (χ1n) is 20.6. The van der Waals surface area contributed by atoms with Gasteiger partial charge in [0.1, 0.15) is 0 Å². The van der Waals surface area contributed by atoms with Crippen molar-refractivity contribution in [3.8, 4) is 50.2 Å². The predicted octanol–water partition coefficient (Wildman–Crippen LogP) is 16.1. The van der Waals surface area contributed by atoms with Crippen LogP contribution in [0.4, 0.5) is 17.1 Å². The highest BCUT2D eigenvalue weighted by Gasteiger charge is 2.20. The van der Waals surface area contributed by atoms with Gasteiger partial charge in [0, 0.05) is 33.4 Å². The van der Waals surface area contributed by atoms with E-state index in [1.807, 2.05) is 0 Å². The molecule has 1 heterocycles. The first-order valence-corrected chi connectivity index (χ1v) is 20.6. The molecule has 282 valence electrons. The van der Waals surface area contributed by atoms with Gasteiger partial charge in [0.15, 0.2) is 0 Å². The lowest BCUT2D eigenvalue weighted by Crippen LogP contribution is -2.10. The van der Waals surface area contributed by atoms with Gasteiger partial charge in [0.05, 0.1) is 16.7 Å². The van der Waals surface area contributed by atoms with Crippen LogP contribution in [0.3, 0.4) is 0 Å². The van der Waals surface area contributed by atoms with Crippen molar-refractivity contribution < 1.29 is 0 Å². The van der Waals surface area contributed by atoms with Gasteiger partial charge in [0.25, 0.3) is 0 Å². The molecular weight excluding hydrogens is 725 g/mol. The molecule has 0 saturated carbocycles. The topological polar surface area (TPSA) is 8.17 Å². The predicted molar refractivity (Wildman–Crippen MR) is 255 cm³/mol. The molecule has 2 heteroatoms. The van der Waals surface area contributed by atoms with Gasteiger partial charge in [-0.3, -0.25) is 0 Å². The van der Waals surface area contributed by atoms with E-state index in [0.29, 0.717) is 0 Å². The lowest BCUT2D eigenvalue weighted by atomic mass is 9.92. The van der Waals surface area contributed by atoms with Crippen molar-refractivity contribution in [1.82, 2.24) is 4.57 Å². The molecule has 0 spiro atoms. The van der Waals surface area contributed by atoms with Gasteiger partial charge < -0.3 is 9.47 Å². The highest BCUT2D eigenvalue weighted by molar-refractivity contribution is 6.10. The molecule has 0 aliphatic carbocycles. The second-order valence-corrected chi connectivity index (χ2v) is 15.3. The molecule has 0 aliphatic heterocycles. The van der Waals surface area contributed by atoms with E-state index in [1.165, 1.54) is 77.1 Å². The van der Waals surface area contributed by atoms with Crippen molar-refractivity contribution >= 4 is 49.6 Å². The minimum atomic E-state index is 1.09. The molecule has 0 atom stereocenters. The van der Waals surface area contributed by atoms with Crippen LogP contribution < -0.4 is 4.90 Å². The van der Waals surface area contributed by atoms with Crippen LogP contribution in [0.5, 0.6) is 0 Å². The summed E-state index contributed by atoms with van der Waals surface area (Å²) in [5.41, 5.74) is 16.3. The fourth-order valence-corrected chi connectivity index (χ4v) is 8.91. The molecule has 10 aromatic carbocycles. The summed E-state index contributed by atoms with van der Waals surface area (Å²) in [5, 5.41) is 5.02. The third-order valence-corrected chi connectivity index (χ3v) is 11.8. The Morgan fingerprint density at radius 1 is 0.267 bits per heavy atom. The Kier molecular flexibility index (Phi) is 8.87. The number of fused-ring (bicyclic) bond motifs is 4. The van der Waals surface area contributed by atoms with Crippen LogP contribution in [0.25, 0.3) is 82.8 Å². The molecule has 0 fully saturated rings. The molecule has 11 aromatic rings. The summed E-state index contributed by atoms with van der Waals surface area (Å²) in [7, 11) is 0. The van der Waals surface area contributed by atoms with Crippen LogP contribution in [0.2, 0.25) is 0 Å². The fraction of sp³-hybridized carbons (Fsp3) is 0. The van der Waals surface area contributed by atoms with E-state index < -0.39 is 0 Å². The number of anilines is 3. The van der Waals surface area contributed by atoms with E-state index >= 15 is 0 Å². The van der Waals surface area contributed by atoms with E-state index in [-0.39, 0.29) is 0 Å². The summed E-state index contributed by atoms with van der Waals surface area (Å²) >= 11 is 0. The van der Waals surface area contributed by atoms with Gasteiger partial charge in [-0.15, -0.1) is 0 Å². The molecule has 60 heavy (non-hydrogen) atoms. The number of hydrogen-bond acceptors (Lipinski definition) is 1. The Bertz CT molecular complexity index is 3250. The maximum absolute atomic E-state index is 2.43. The van der Waals surface area contributed by atoms with Crippen LogP contribution in [0, 0.1) is 0 Å². The van der Waals surface area contributed by atoms with Crippen molar-refractivity contribution in [3.63, 3.8) is 0 Å². The third-order valence-electron chi connectivity index (χ3n) is 11.8. The first kappa shape index (κ1) is 35.2. The Morgan fingerprint density at radius 2 is 0.800 bits per heavy atom. The van der Waals surface area contributed by atoms with Gasteiger partial charge in [0.2, 0.25) is 0 Å². The lowest BCUT2D eigenvalue weighted by Gasteiger charge is -2.27. The maximum atomic E-state index is 2.43. The normalized spacial score (nSPS) is 11.3. The van der Waals surface area contributed by atoms with Crippen molar-refractivity contribution in [2.24, 2.45) is 0 Å². The zero-order chi connectivity index (χ0) is 39.8. The quantitative estimate of drug-likeness (QED) is 0.150. The first-order chi connectivity index (χ1) is 29.8. The van der Waals surface area contributed by atoms with Crippen LogP contribution in [0.15, 0.2) is 243 Å². The summed E-state index contributed by atoms with van der Waals surface area (Å²) in [6, 6.07) is 87.9. The van der Waals surface area contributed by atoms with E-state index in [9.17, 15) is 0 Å². The fourth-order valence-electron chi connectivity index (χ4n) is 8.91. The van der Waals surface area contributed by atoms with Gasteiger partial charge >= 0.3 is 0 Å². The van der Waals surface area contributed by atoms with E-state index in [2.05, 4.69) is 252 Å². The average molecular weight is 765 g/mol. The molecule has 0 bridgehead atoms. The Morgan fingerprint density at radius 3 is 1.53 bits per heavy atom. The van der Waals surface area contributed by atoms with Gasteiger partial charge in [-0.2, -0.15) is 0 Å². The second-order valence-electron chi connectivity index (χ2n) is 15.3. The number of aromatic nitrogens is 1. The Labute approximate surface area is 350 Å². The molecule has 0 N–H and O–H groups in total. The summed E-state index contributed by atoms with van der Waals surface area (Å²) in [6.07, 6.45) is 0. The summed E-state index contributed by atoms with van der Waals surface area (Å²) < 4.78 is 2.43. The minimum Gasteiger partial charge on any atom is -0.310 e. The van der Waals surface area contributed by atoms with Crippen LogP contribution in [0.1, 0.15) is 0 Å². The average Bonchev–Trinajstić information content (AvgIpc) is 3.66. The van der Waals surface area contributed by atoms with E-state index in [1.54, 1.807) is 0 Å². The molecular formula is C58H40N2. The molecule has 2 nitrogen and oxygen atoms in total. The van der Waals surface area contributed by atoms with E-state index in [4.69, 9.17) is 0 Å².